The average Bonchev–Trinajstić information content (AvgIpc) is 2.87. The molecule has 0 rings (SSSR count). The van der Waals surface area contributed by atoms with Gasteiger partial charge in [0.2, 0.25) is 11.8 Å². The fourth-order valence-corrected chi connectivity index (χ4v) is 4.00. The fraction of sp³-hybridized carbons (Fsp3) is 0.800. The van der Waals surface area contributed by atoms with E-state index in [-0.39, 0.29) is 11.8 Å². The predicted molar refractivity (Wildman–Crippen MR) is 153 cm³/mol. The molecule has 38 heavy (non-hydrogen) atoms. The molecular weight excluding hydrogens is 982 g/mol. The van der Waals surface area contributed by atoms with Crippen molar-refractivity contribution in [3.8, 4) is 0 Å². The summed E-state index contributed by atoms with van der Waals surface area (Å²) < 4.78 is 0. The van der Waals surface area contributed by atoms with Crippen molar-refractivity contribution >= 4 is 11.8 Å². The van der Waals surface area contributed by atoms with Crippen molar-refractivity contribution in [3.05, 3.63) is 25.3 Å². The van der Waals surface area contributed by atoms with Gasteiger partial charge in [-0.3, -0.25) is 21.7 Å². The molecule has 0 aliphatic carbocycles. The first-order chi connectivity index (χ1) is 17.7. The summed E-state index contributed by atoms with van der Waals surface area (Å²) in [7, 11) is 0. The summed E-state index contributed by atoms with van der Waals surface area (Å²) in [5.74, 6) is 0.351. The van der Waals surface area contributed by atoms with Gasteiger partial charge in [-0.25, -0.2) is 0 Å². The van der Waals surface area contributed by atoms with Crippen molar-refractivity contribution in [3.63, 3.8) is 0 Å². The molecule has 0 radical (unpaired) electrons. The predicted octanol–water partition coefficient (Wildman–Crippen LogP) is 5.40. The summed E-state index contributed by atoms with van der Waals surface area (Å²) in [6.07, 6.45) is 22.6. The zero-order valence-corrected chi connectivity index (χ0v) is 37.3. The van der Waals surface area contributed by atoms with E-state index in [4.69, 9.17) is 13.2 Å². The van der Waals surface area contributed by atoms with Gasteiger partial charge in [0.15, 0.2) is 0 Å². The number of carbonyl (C=O) groups excluding carboxylic acids is 2. The molecular formula is C30H56N4O2Rf2-2. The summed E-state index contributed by atoms with van der Waals surface area (Å²) in [5.41, 5.74) is 0. The van der Waals surface area contributed by atoms with E-state index in [2.05, 4.69) is 21.3 Å². The van der Waals surface area contributed by atoms with Gasteiger partial charge in [0.05, 0.1) is 0 Å². The Hall–Kier alpha value is -3.66. The van der Waals surface area contributed by atoms with E-state index >= 15 is 0 Å². The molecule has 0 aliphatic rings. The van der Waals surface area contributed by atoms with Crippen molar-refractivity contribution in [2.75, 3.05) is 39.3 Å². The van der Waals surface area contributed by atoms with Crippen LogP contribution in [0, 0.1) is 13.2 Å². The minimum absolute atomic E-state index is 0. The maximum Gasteiger partial charge on any atom is 0.219 e. The topological polar surface area (TPSA) is 82.3 Å². The number of unbranched alkanes of at least 4 members (excludes halogenated alkanes) is 12. The Balaban J connectivity index is -0.00000612. The van der Waals surface area contributed by atoms with Crippen LogP contribution in [-0.2, 0) is 9.59 Å². The Bertz CT molecular complexity index is 490. The van der Waals surface area contributed by atoms with Crippen LogP contribution in [0.5, 0.6) is 0 Å². The minimum Gasteiger partial charge on any atom is -0.518 e. The SMILES string of the molecule is [CH-]=CCCCCCCCCC(=O)NCCCNCCNCCCNC(=O)CCCCCCCCC=[CH-].[Rf].[Rf]. The van der Waals surface area contributed by atoms with E-state index in [9.17, 15) is 9.59 Å². The summed E-state index contributed by atoms with van der Waals surface area (Å²) >= 11 is 0. The maximum atomic E-state index is 11.8. The molecule has 0 heterocycles. The maximum absolute atomic E-state index is 11.8. The van der Waals surface area contributed by atoms with Gasteiger partial charge in [0.25, 0.3) is 0 Å². The van der Waals surface area contributed by atoms with E-state index < -0.39 is 0 Å². The van der Waals surface area contributed by atoms with E-state index in [1.54, 1.807) is 12.2 Å². The summed E-state index contributed by atoms with van der Waals surface area (Å²) in [4.78, 5) is 23.7. The Morgan fingerprint density at radius 2 is 0.789 bits per heavy atom. The second-order valence-electron chi connectivity index (χ2n) is 9.70. The molecule has 2 amide bonds. The molecule has 0 aromatic rings. The van der Waals surface area contributed by atoms with Gasteiger partial charge in [-0.1, -0.05) is 77.0 Å². The van der Waals surface area contributed by atoms with Crippen molar-refractivity contribution in [1.82, 2.24) is 21.3 Å². The van der Waals surface area contributed by atoms with Crippen LogP contribution in [-0.4, -0.2) is 51.1 Å². The average molecular weight is 1040 g/mol. The largest absolute Gasteiger partial charge is 0.518 e. The van der Waals surface area contributed by atoms with Gasteiger partial charge < -0.3 is 34.4 Å². The first-order valence-electron chi connectivity index (χ1n) is 14.7. The molecule has 0 fully saturated rings. The van der Waals surface area contributed by atoms with E-state index in [0.29, 0.717) is 12.8 Å². The smallest absolute Gasteiger partial charge is 0.219 e. The van der Waals surface area contributed by atoms with Crippen LogP contribution in [0.25, 0.3) is 0 Å². The molecule has 8 heteroatoms. The molecule has 0 saturated heterocycles. The third kappa shape index (κ3) is 32.3. The number of amides is 2. The molecule has 0 saturated carbocycles. The van der Waals surface area contributed by atoms with Gasteiger partial charge in [-0.05, 0) is 38.8 Å². The van der Waals surface area contributed by atoms with Gasteiger partial charge in [-0.2, -0.15) is 0 Å². The molecule has 0 aromatic heterocycles. The number of hydrogen-bond acceptors (Lipinski definition) is 4. The second kappa shape index (κ2) is 33.3. The van der Waals surface area contributed by atoms with Crippen LogP contribution >= 0.6 is 0 Å². The quantitative estimate of drug-likeness (QED) is 0.0599. The van der Waals surface area contributed by atoms with Gasteiger partial charge in [0.1, 0.15) is 0 Å². The standard InChI is InChI=1S/C30H56N4O2.2Rf/c1-3-5-7-9-11-13-15-17-21-29(35)33-25-19-23-31-27-28-32-24-20-26-34-30(36)22-18-16-14-12-10-8-6-4-2;;/h1-4,31-32H,5-28H2,(H,33,35)(H,34,36);;/q-2;;. The van der Waals surface area contributed by atoms with Gasteiger partial charge in [0, 0.05) is 39.0 Å². The minimum atomic E-state index is 0. The van der Waals surface area contributed by atoms with E-state index in [1.165, 1.54) is 51.4 Å². The Morgan fingerprint density at radius 3 is 1.16 bits per heavy atom. The molecule has 6 nitrogen and oxygen atoms in total. The molecule has 0 aromatic carbocycles. The number of nitrogens with one attached hydrogen (secondary N) is 4. The number of hydrogen-bond donors (Lipinski definition) is 4. The summed E-state index contributed by atoms with van der Waals surface area (Å²) in [6, 6.07) is 0. The van der Waals surface area contributed by atoms with Crippen molar-refractivity contribution in [1.29, 1.82) is 0 Å². The molecule has 0 unspecified atom stereocenters. The monoisotopic (exact) mass is 1040 g/mol. The third-order valence-corrected chi connectivity index (χ3v) is 6.23. The van der Waals surface area contributed by atoms with E-state index in [1.807, 2.05) is 0 Å². The molecule has 0 bridgehead atoms. The molecule has 0 atom stereocenters. The number of rotatable bonds is 29. The molecule has 4 N–H and O–H groups in total. The summed E-state index contributed by atoms with van der Waals surface area (Å²) in [5, 5.41) is 12.8. The Morgan fingerprint density at radius 1 is 0.447 bits per heavy atom. The van der Waals surface area contributed by atoms with Crippen LogP contribution in [0.2, 0.25) is 0 Å². The van der Waals surface area contributed by atoms with Crippen LogP contribution in [0.3, 0.4) is 0 Å². The van der Waals surface area contributed by atoms with Gasteiger partial charge in [-0.15, -0.1) is 0 Å². The van der Waals surface area contributed by atoms with Crippen molar-refractivity contribution in [2.24, 2.45) is 0 Å². The van der Waals surface area contributed by atoms with Crippen LogP contribution < -0.4 is 21.3 Å². The van der Waals surface area contributed by atoms with Gasteiger partial charge >= 0.3 is 0 Å². The van der Waals surface area contributed by atoms with Crippen LogP contribution in [0.4, 0.5) is 0 Å². The number of carbonyl (C=O) groups is 2. The second-order valence-corrected chi connectivity index (χ2v) is 9.70. The van der Waals surface area contributed by atoms with E-state index in [0.717, 1.165) is 90.6 Å². The molecule has 0 aliphatic heterocycles. The Kier molecular flexibility index (Phi) is 34.1. The van der Waals surface area contributed by atoms with Crippen LogP contribution in [0.1, 0.15) is 116 Å². The number of allylic oxidation sites excluding steroid dienone is 2. The first kappa shape index (κ1) is 38.9. The Labute approximate surface area is 222 Å². The van der Waals surface area contributed by atoms with Crippen molar-refractivity contribution < 1.29 is 9.59 Å². The summed E-state index contributed by atoms with van der Waals surface area (Å²) in [6.45, 7) is 15.9. The normalized spacial score (nSPS) is 10.2. The fourth-order valence-electron chi connectivity index (χ4n) is 4.00. The first-order valence-corrected chi connectivity index (χ1v) is 14.7. The zero-order valence-electron chi connectivity index (χ0n) is 24.5. The molecule has 0 spiro atoms. The zero-order chi connectivity index (χ0) is 26.4. The third-order valence-electron chi connectivity index (χ3n) is 6.23. The van der Waals surface area contributed by atoms with Crippen LogP contribution in [0.15, 0.2) is 12.2 Å². The van der Waals surface area contributed by atoms with Crippen molar-refractivity contribution in [2.45, 2.75) is 116 Å². The molecule has 214 valence electrons.